The van der Waals surface area contributed by atoms with Crippen molar-refractivity contribution in [1.29, 1.82) is 0 Å². The van der Waals surface area contributed by atoms with Crippen LogP contribution in [0.4, 0.5) is 17.1 Å². The van der Waals surface area contributed by atoms with Crippen LogP contribution in [0.15, 0.2) is 209 Å². The van der Waals surface area contributed by atoms with Gasteiger partial charge in [0.15, 0.2) is 0 Å². The molecule has 0 radical (unpaired) electrons. The van der Waals surface area contributed by atoms with Crippen LogP contribution in [0.2, 0.25) is 0 Å². The van der Waals surface area contributed by atoms with Crippen LogP contribution < -0.4 is 4.90 Å². The van der Waals surface area contributed by atoms with Crippen LogP contribution in [0, 0.1) is 0 Å². The summed E-state index contributed by atoms with van der Waals surface area (Å²) in [6, 6.07) is 70.8. The van der Waals surface area contributed by atoms with Crippen LogP contribution in [0.3, 0.4) is 0 Å². The van der Waals surface area contributed by atoms with Gasteiger partial charge in [-0.05, 0) is 87.6 Å². The Balaban J connectivity index is 1.11. The monoisotopic (exact) mass is 703 g/mol. The lowest BCUT2D eigenvalue weighted by Gasteiger charge is -2.26. The highest BCUT2D eigenvalue weighted by Gasteiger charge is 2.22. The standard InChI is InChI=1S/C52H33NO2/c1-3-12-34(13-4-1)36-22-26-39(27-23-36)53(40-28-24-37(25-29-40)35-14-5-2-6-15-35)41-30-31-49-46(33-41)47-32-38-16-7-8-17-42(38)50(52(47)55-49)45-20-11-19-44-43-18-9-10-21-48(43)54-51(44)45/h1-33H. The van der Waals surface area contributed by atoms with E-state index in [1.807, 2.05) is 12.1 Å². The molecular formula is C52H33NO2. The Kier molecular flexibility index (Phi) is 7.17. The summed E-state index contributed by atoms with van der Waals surface area (Å²) in [5.74, 6) is 0. The largest absolute Gasteiger partial charge is 0.455 e. The van der Waals surface area contributed by atoms with E-state index in [9.17, 15) is 0 Å². The van der Waals surface area contributed by atoms with Crippen molar-refractivity contribution in [2.75, 3.05) is 4.90 Å². The van der Waals surface area contributed by atoms with Crippen molar-refractivity contribution in [3.63, 3.8) is 0 Å². The van der Waals surface area contributed by atoms with Crippen LogP contribution in [0.1, 0.15) is 0 Å². The molecule has 0 saturated heterocycles. The van der Waals surface area contributed by atoms with Crippen LogP contribution in [0.5, 0.6) is 0 Å². The summed E-state index contributed by atoms with van der Waals surface area (Å²) in [6.45, 7) is 0. The molecule has 0 unspecified atom stereocenters. The van der Waals surface area contributed by atoms with E-state index in [0.717, 1.165) is 82.8 Å². The minimum Gasteiger partial charge on any atom is -0.455 e. The highest BCUT2D eigenvalue weighted by atomic mass is 16.3. The lowest BCUT2D eigenvalue weighted by Crippen LogP contribution is -2.09. The number of fused-ring (bicyclic) bond motifs is 7. The van der Waals surface area contributed by atoms with Gasteiger partial charge in [-0.3, -0.25) is 0 Å². The first kappa shape index (κ1) is 31.2. The molecule has 0 aliphatic rings. The summed E-state index contributed by atoms with van der Waals surface area (Å²) >= 11 is 0. The highest BCUT2D eigenvalue weighted by Crippen LogP contribution is 2.46. The third-order valence-corrected chi connectivity index (χ3v) is 10.9. The van der Waals surface area contributed by atoms with E-state index in [2.05, 4.69) is 193 Å². The second-order valence-corrected chi connectivity index (χ2v) is 14.1. The number of hydrogen-bond donors (Lipinski definition) is 0. The molecule has 2 aromatic heterocycles. The molecule has 2 heterocycles. The van der Waals surface area contributed by atoms with Crippen LogP contribution in [0.25, 0.3) is 88.0 Å². The Morgan fingerprint density at radius 2 is 0.836 bits per heavy atom. The van der Waals surface area contributed by atoms with Gasteiger partial charge in [-0.25, -0.2) is 0 Å². The topological polar surface area (TPSA) is 29.5 Å². The first-order valence-corrected chi connectivity index (χ1v) is 18.7. The number of furan rings is 2. The molecule has 0 spiro atoms. The maximum atomic E-state index is 6.88. The van der Waals surface area contributed by atoms with Crippen molar-refractivity contribution >= 4 is 71.7 Å². The van der Waals surface area contributed by atoms with Gasteiger partial charge in [-0.2, -0.15) is 0 Å². The summed E-state index contributed by atoms with van der Waals surface area (Å²) in [4.78, 5) is 2.33. The molecule has 55 heavy (non-hydrogen) atoms. The minimum absolute atomic E-state index is 0.839. The molecular weight excluding hydrogens is 671 g/mol. The third kappa shape index (κ3) is 5.20. The van der Waals surface area contributed by atoms with Gasteiger partial charge < -0.3 is 13.7 Å². The summed E-state index contributed by atoms with van der Waals surface area (Å²) in [5.41, 5.74) is 13.4. The Morgan fingerprint density at radius 3 is 1.53 bits per heavy atom. The van der Waals surface area contributed by atoms with E-state index in [1.54, 1.807) is 0 Å². The molecule has 0 N–H and O–H groups in total. The van der Waals surface area contributed by atoms with Crippen molar-refractivity contribution in [2.24, 2.45) is 0 Å². The zero-order valence-electron chi connectivity index (χ0n) is 29.8. The second-order valence-electron chi connectivity index (χ2n) is 14.1. The normalized spacial score (nSPS) is 11.6. The van der Waals surface area contributed by atoms with Crippen molar-refractivity contribution < 1.29 is 8.83 Å². The fourth-order valence-electron chi connectivity index (χ4n) is 8.23. The summed E-state index contributed by atoms with van der Waals surface area (Å²) < 4.78 is 13.5. The molecule has 0 fully saturated rings. The molecule has 9 aromatic carbocycles. The molecule has 0 aliphatic carbocycles. The maximum Gasteiger partial charge on any atom is 0.144 e. The summed E-state index contributed by atoms with van der Waals surface area (Å²) in [6.07, 6.45) is 0. The molecule has 258 valence electrons. The SMILES string of the molecule is c1ccc(-c2ccc(N(c3ccc(-c4ccccc4)cc3)c3ccc4oc5c(-c6cccc7c6oc6ccccc67)c6ccccc6cc5c4c3)cc2)cc1. The van der Waals surface area contributed by atoms with E-state index < -0.39 is 0 Å². The Bertz CT molecular complexity index is 3090. The summed E-state index contributed by atoms with van der Waals surface area (Å²) in [7, 11) is 0. The van der Waals surface area contributed by atoms with E-state index >= 15 is 0 Å². The smallest absolute Gasteiger partial charge is 0.144 e. The van der Waals surface area contributed by atoms with Gasteiger partial charge in [-0.1, -0.05) is 146 Å². The molecule has 0 aliphatic heterocycles. The minimum atomic E-state index is 0.839. The van der Waals surface area contributed by atoms with Crippen molar-refractivity contribution in [1.82, 2.24) is 0 Å². The van der Waals surface area contributed by atoms with Gasteiger partial charge in [0.1, 0.15) is 22.3 Å². The quantitative estimate of drug-likeness (QED) is 0.173. The lowest BCUT2D eigenvalue weighted by molar-refractivity contribution is 0.665. The number of anilines is 3. The maximum absolute atomic E-state index is 6.88. The molecule has 11 aromatic rings. The van der Waals surface area contributed by atoms with Crippen LogP contribution >= 0.6 is 0 Å². The van der Waals surface area contributed by atoms with E-state index in [0.29, 0.717) is 0 Å². The second kappa shape index (κ2) is 12.6. The van der Waals surface area contributed by atoms with Gasteiger partial charge in [0.25, 0.3) is 0 Å². The van der Waals surface area contributed by atoms with Crippen molar-refractivity contribution in [3.05, 3.63) is 200 Å². The van der Waals surface area contributed by atoms with Crippen molar-refractivity contribution in [3.8, 4) is 33.4 Å². The molecule has 3 heteroatoms. The Labute approximate surface area is 317 Å². The van der Waals surface area contributed by atoms with Crippen molar-refractivity contribution in [2.45, 2.75) is 0 Å². The fourth-order valence-corrected chi connectivity index (χ4v) is 8.23. The van der Waals surface area contributed by atoms with Gasteiger partial charge in [-0.15, -0.1) is 0 Å². The van der Waals surface area contributed by atoms with E-state index in [-0.39, 0.29) is 0 Å². The fraction of sp³-hybridized carbons (Fsp3) is 0. The van der Waals surface area contributed by atoms with Gasteiger partial charge in [0, 0.05) is 49.7 Å². The van der Waals surface area contributed by atoms with Gasteiger partial charge >= 0.3 is 0 Å². The molecule has 11 rings (SSSR count). The molecule has 3 nitrogen and oxygen atoms in total. The predicted molar refractivity (Wildman–Crippen MR) is 229 cm³/mol. The third-order valence-electron chi connectivity index (χ3n) is 10.9. The number of rotatable bonds is 6. The first-order chi connectivity index (χ1) is 27.3. The number of nitrogens with zero attached hydrogens (tertiary/aromatic N) is 1. The zero-order chi connectivity index (χ0) is 36.3. The average Bonchev–Trinajstić information content (AvgIpc) is 3.82. The number of hydrogen-bond acceptors (Lipinski definition) is 3. The average molecular weight is 704 g/mol. The Hall–Kier alpha value is -7.36. The highest BCUT2D eigenvalue weighted by molar-refractivity contribution is 6.22. The molecule has 0 saturated carbocycles. The molecule has 0 atom stereocenters. The summed E-state index contributed by atoms with van der Waals surface area (Å²) in [5, 5.41) is 6.61. The van der Waals surface area contributed by atoms with Crippen LogP contribution in [-0.4, -0.2) is 0 Å². The molecule has 0 bridgehead atoms. The molecule has 0 amide bonds. The van der Waals surface area contributed by atoms with Gasteiger partial charge in [0.05, 0.1) is 0 Å². The van der Waals surface area contributed by atoms with Crippen LogP contribution in [-0.2, 0) is 0 Å². The zero-order valence-corrected chi connectivity index (χ0v) is 29.8. The number of benzene rings is 9. The lowest BCUT2D eigenvalue weighted by atomic mass is 9.94. The number of para-hydroxylation sites is 2. The van der Waals surface area contributed by atoms with E-state index in [4.69, 9.17) is 8.83 Å². The Morgan fingerprint density at radius 1 is 0.309 bits per heavy atom. The predicted octanol–water partition coefficient (Wildman–Crippen LogP) is 15.1. The van der Waals surface area contributed by atoms with E-state index in [1.165, 1.54) is 22.3 Å². The first-order valence-electron chi connectivity index (χ1n) is 18.7. The van der Waals surface area contributed by atoms with Gasteiger partial charge in [0.2, 0.25) is 0 Å².